The Morgan fingerprint density at radius 2 is 2.20 bits per heavy atom. The Bertz CT molecular complexity index is 560. The summed E-state index contributed by atoms with van der Waals surface area (Å²) in [6.45, 7) is 3.74. The summed E-state index contributed by atoms with van der Waals surface area (Å²) in [6, 6.07) is 1.42. The molecule has 106 valence electrons. The van der Waals surface area contributed by atoms with Gasteiger partial charge in [0.15, 0.2) is 11.0 Å². The van der Waals surface area contributed by atoms with E-state index in [0.29, 0.717) is 23.3 Å². The molecule has 8 heteroatoms. The van der Waals surface area contributed by atoms with Gasteiger partial charge < -0.3 is 9.84 Å². The normalized spacial score (nSPS) is 12.1. The second-order valence-electron chi connectivity index (χ2n) is 4.01. The number of rotatable bonds is 6. The van der Waals surface area contributed by atoms with Crippen molar-refractivity contribution in [2.45, 2.75) is 31.5 Å². The number of carbonyl (C=O) groups excluding carboxylic acids is 1. The molecule has 20 heavy (non-hydrogen) atoms. The summed E-state index contributed by atoms with van der Waals surface area (Å²) < 4.78 is 5.07. The summed E-state index contributed by atoms with van der Waals surface area (Å²) >= 11 is 1.27. The van der Waals surface area contributed by atoms with Gasteiger partial charge in [0.25, 0.3) is 0 Å². The third kappa shape index (κ3) is 4.02. The number of hydrogen-bond acceptors (Lipinski definition) is 7. The highest BCUT2D eigenvalue weighted by atomic mass is 32.2. The lowest BCUT2D eigenvalue weighted by Crippen LogP contribution is -2.28. The molecule has 2 aromatic heterocycles. The summed E-state index contributed by atoms with van der Waals surface area (Å²) in [5, 5.41) is 7.16. The Hall–Kier alpha value is -1.96. The SMILES string of the molecule is CCc1noc(C(C)NC(=O)CSc2ncccn2)n1. The fraction of sp³-hybridized carbons (Fsp3) is 0.417. The highest BCUT2D eigenvalue weighted by molar-refractivity contribution is 7.99. The quantitative estimate of drug-likeness (QED) is 0.635. The van der Waals surface area contributed by atoms with Gasteiger partial charge in [-0.25, -0.2) is 9.97 Å². The van der Waals surface area contributed by atoms with Crippen molar-refractivity contribution in [3.8, 4) is 0 Å². The van der Waals surface area contributed by atoms with Crippen LogP contribution in [0.15, 0.2) is 28.1 Å². The van der Waals surface area contributed by atoms with E-state index in [2.05, 4.69) is 25.4 Å². The maximum absolute atomic E-state index is 11.8. The molecule has 7 nitrogen and oxygen atoms in total. The Labute approximate surface area is 120 Å². The Kier molecular flexibility index (Phi) is 5.05. The van der Waals surface area contributed by atoms with Crippen molar-refractivity contribution >= 4 is 17.7 Å². The number of aryl methyl sites for hydroxylation is 1. The van der Waals surface area contributed by atoms with Crippen LogP contribution in [0.3, 0.4) is 0 Å². The van der Waals surface area contributed by atoms with Gasteiger partial charge >= 0.3 is 0 Å². The van der Waals surface area contributed by atoms with Crippen LogP contribution in [0.5, 0.6) is 0 Å². The molecule has 0 radical (unpaired) electrons. The molecular formula is C12H15N5O2S. The van der Waals surface area contributed by atoms with E-state index in [4.69, 9.17) is 4.52 Å². The van der Waals surface area contributed by atoms with Crippen molar-refractivity contribution in [1.29, 1.82) is 0 Å². The zero-order chi connectivity index (χ0) is 14.4. The van der Waals surface area contributed by atoms with Crippen molar-refractivity contribution in [1.82, 2.24) is 25.4 Å². The van der Waals surface area contributed by atoms with E-state index in [1.54, 1.807) is 25.4 Å². The summed E-state index contributed by atoms with van der Waals surface area (Å²) in [6.07, 6.45) is 3.98. The second-order valence-corrected chi connectivity index (χ2v) is 4.95. The first-order valence-corrected chi connectivity index (χ1v) is 7.19. The van der Waals surface area contributed by atoms with Gasteiger partial charge in [-0.05, 0) is 13.0 Å². The van der Waals surface area contributed by atoms with Crippen molar-refractivity contribution in [3.63, 3.8) is 0 Å². The van der Waals surface area contributed by atoms with Crippen LogP contribution >= 0.6 is 11.8 Å². The number of nitrogens with one attached hydrogen (secondary N) is 1. The predicted octanol–water partition coefficient (Wildman–Crippen LogP) is 1.39. The molecule has 1 N–H and O–H groups in total. The first-order valence-electron chi connectivity index (χ1n) is 6.20. The fourth-order valence-electron chi connectivity index (χ4n) is 1.42. The number of hydrogen-bond donors (Lipinski definition) is 1. The molecule has 0 aromatic carbocycles. The van der Waals surface area contributed by atoms with E-state index in [0.717, 1.165) is 0 Å². The zero-order valence-corrected chi connectivity index (χ0v) is 12.1. The molecule has 0 aliphatic heterocycles. The maximum atomic E-state index is 11.8. The van der Waals surface area contributed by atoms with Gasteiger partial charge in [0.05, 0.1) is 5.75 Å². The summed E-state index contributed by atoms with van der Waals surface area (Å²) in [5.74, 6) is 1.15. The lowest BCUT2D eigenvalue weighted by molar-refractivity contribution is -0.119. The first kappa shape index (κ1) is 14.4. The third-order valence-electron chi connectivity index (χ3n) is 2.42. The molecule has 0 bridgehead atoms. The van der Waals surface area contributed by atoms with Crippen LogP contribution in [-0.4, -0.2) is 31.8 Å². The minimum Gasteiger partial charge on any atom is -0.344 e. The number of carbonyl (C=O) groups is 1. The van der Waals surface area contributed by atoms with Crippen molar-refractivity contribution in [2.24, 2.45) is 0 Å². The van der Waals surface area contributed by atoms with Gasteiger partial charge in [0.1, 0.15) is 6.04 Å². The van der Waals surface area contributed by atoms with Crippen LogP contribution in [0, 0.1) is 0 Å². The number of aromatic nitrogens is 4. The molecule has 0 aliphatic carbocycles. The number of nitrogens with zero attached hydrogens (tertiary/aromatic N) is 4. The number of thioether (sulfide) groups is 1. The van der Waals surface area contributed by atoms with E-state index < -0.39 is 0 Å². The Morgan fingerprint density at radius 1 is 1.45 bits per heavy atom. The third-order valence-corrected chi connectivity index (χ3v) is 3.30. The molecule has 2 rings (SSSR count). The maximum Gasteiger partial charge on any atom is 0.248 e. The van der Waals surface area contributed by atoms with Gasteiger partial charge in [-0.2, -0.15) is 4.98 Å². The largest absolute Gasteiger partial charge is 0.344 e. The molecule has 1 unspecified atom stereocenters. The second kappa shape index (κ2) is 6.99. The molecule has 2 aromatic rings. The number of amides is 1. The van der Waals surface area contributed by atoms with Crippen molar-refractivity contribution in [2.75, 3.05) is 5.75 Å². The Morgan fingerprint density at radius 3 is 2.85 bits per heavy atom. The van der Waals surface area contributed by atoms with Gasteiger partial charge in [-0.15, -0.1) is 0 Å². The van der Waals surface area contributed by atoms with Crippen LogP contribution in [0.2, 0.25) is 0 Å². The smallest absolute Gasteiger partial charge is 0.248 e. The summed E-state index contributed by atoms with van der Waals surface area (Å²) in [5.41, 5.74) is 0. The van der Waals surface area contributed by atoms with E-state index >= 15 is 0 Å². The summed E-state index contributed by atoms with van der Waals surface area (Å²) in [4.78, 5) is 24.0. The van der Waals surface area contributed by atoms with Crippen LogP contribution in [0.25, 0.3) is 0 Å². The van der Waals surface area contributed by atoms with Crippen molar-refractivity contribution < 1.29 is 9.32 Å². The van der Waals surface area contributed by atoms with Gasteiger partial charge in [-0.3, -0.25) is 4.79 Å². The van der Waals surface area contributed by atoms with Crippen LogP contribution in [-0.2, 0) is 11.2 Å². The van der Waals surface area contributed by atoms with Gasteiger partial charge in [0, 0.05) is 18.8 Å². The predicted molar refractivity (Wildman–Crippen MR) is 73.0 cm³/mol. The van der Waals surface area contributed by atoms with E-state index in [1.165, 1.54) is 11.8 Å². The molecule has 0 saturated heterocycles. The van der Waals surface area contributed by atoms with E-state index in [1.807, 2.05) is 6.92 Å². The van der Waals surface area contributed by atoms with E-state index in [9.17, 15) is 4.79 Å². The lowest BCUT2D eigenvalue weighted by Gasteiger charge is -2.08. The zero-order valence-electron chi connectivity index (χ0n) is 11.2. The standard InChI is InChI=1S/C12H15N5O2S/c1-3-9-16-11(19-17-9)8(2)15-10(18)7-20-12-13-5-4-6-14-12/h4-6,8H,3,7H2,1-2H3,(H,15,18). The summed E-state index contributed by atoms with van der Waals surface area (Å²) in [7, 11) is 0. The van der Waals surface area contributed by atoms with E-state index in [-0.39, 0.29) is 17.7 Å². The van der Waals surface area contributed by atoms with Gasteiger partial charge in [0.2, 0.25) is 11.8 Å². The molecule has 1 atom stereocenters. The molecule has 2 heterocycles. The van der Waals surface area contributed by atoms with Crippen LogP contribution in [0.1, 0.15) is 31.6 Å². The fourth-order valence-corrected chi connectivity index (χ4v) is 2.04. The lowest BCUT2D eigenvalue weighted by atomic mass is 10.3. The minimum atomic E-state index is -0.312. The molecule has 0 fully saturated rings. The molecule has 1 amide bonds. The highest BCUT2D eigenvalue weighted by Gasteiger charge is 2.16. The van der Waals surface area contributed by atoms with Crippen LogP contribution < -0.4 is 5.32 Å². The molecule has 0 spiro atoms. The topological polar surface area (TPSA) is 93.8 Å². The van der Waals surface area contributed by atoms with Crippen molar-refractivity contribution in [3.05, 3.63) is 30.2 Å². The van der Waals surface area contributed by atoms with Gasteiger partial charge in [-0.1, -0.05) is 23.8 Å². The molecule has 0 saturated carbocycles. The Balaban J connectivity index is 1.82. The first-order chi connectivity index (χ1) is 9.69. The average Bonchev–Trinajstić information content (AvgIpc) is 2.95. The average molecular weight is 293 g/mol. The molecule has 0 aliphatic rings. The van der Waals surface area contributed by atoms with Crippen LogP contribution in [0.4, 0.5) is 0 Å². The highest BCUT2D eigenvalue weighted by Crippen LogP contribution is 2.13. The monoisotopic (exact) mass is 293 g/mol. The minimum absolute atomic E-state index is 0.133. The molecular weight excluding hydrogens is 278 g/mol.